The maximum Gasteiger partial charge on any atom is 0.152 e. The minimum absolute atomic E-state index is 0.0285. The van der Waals surface area contributed by atoms with Crippen LogP contribution in [0.5, 0.6) is 5.75 Å². The fourth-order valence-corrected chi connectivity index (χ4v) is 4.43. The van der Waals surface area contributed by atoms with Gasteiger partial charge in [0, 0.05) is 36.3 Å². The highest BCUT2D eigenvalue weighted by atomic mass is 16.5. The van der Waals surface area contributed by atoms with E-state index in [4.69, 9.17) is 4.74 Å². The summed E-state index contributed by atoms with van der Waals surface area (Å²) >= 11 is 0. The maximum atomic E-state index is 10.6. The molecule has 1 fully saturated rings. The van der Waals surface area contributed by atoms with Crippen LogP contribution >= 0.6 is 0 Å². The topological polar surface area (TPSA) is 67.3 Å². The molecule has 0 unspecified atom stereocenters. The van der Waals surface area contributed by atoms with Gasteiger partial charge in [-0.15, -0.1) is 10.2 Å². The zero-order valence-electron chi connectivity index (χ0n) is 17.5. The quantitative estimate of drug-likeness (QED) is 0.753. The first kappa shape index (κ1) is 19.7. The normalized spacial score (nSPS) is 22.8. The number of ether oxygens (including phenoxy) is 1. The Labute approximate surface area is 172 Å². The van der Waals surface area contributed by atoms with Crippen molar-refractivity contribution >= 4 is 5.82 Å². The first-order chi connectivity index (χ1) is 14.0. The number of fused-ring (bicyclic) bond motifs is 1. The van der Waals surface area contributed by atoms with Crippen LogP contribution in [0.2, 0.25) is 0 Å². The van der Waals surface area contributed by atoms with Crippen molar-refractivity contribution in [1.29, 1.82) is 0 Å². The number of hydrogen-bond acceptors (Lipinski definition) is 5. The van der Waals surface area contributed by atoms with Crippen molar-refractivity contribution in [2.45, 2.75) is 70.4 Å². The lowest BCUT2D eigenvalue weighted by molar-refractivity contribution is -0.0625. The number of benzene rings is 1. The number of rotatable bonds is 4. The summed E-state index contributed by atoms with van der Waals surface area (Å²) in [6.45, 7) is 4.16. The standard InChI is InChI=1S/C24H29N3O2/c1-4-5-8-16-11-12-20(21(28)13-16)22-18-9-6-7-10-19(18)23(27-26-22)25-17-14-24(2,15-17)29-3/h11-13,17,28H,4,6-7,9-10,14-15H2,1-3H3,(H,25,27). The van der Waals surface area contributed by atoms with E-state index in [1.807, 2.05) is 19.1 Å². The van der Waals surface area contributed by atoms with Gasteiger partial charge < -0.3 is 15.2 Å². The summed E-state index contributed by atoms with van der Waals surface area (Å²) in [5.74, 6) is 7.22. The SMILES string of the molecule is CCC#Cc1ccc(-c2nnc(NC3CC(C)(OC)C3)c3c2CCCC3)c(O)c1. The highest BCUT2D eigenvalue weighted by Gasteiger charge is 2.41. The van der Waals surface area contributed by atoms with E-state index in [-0.39, 0.29) is 11.4 Å². The van der Waals surface area contributed by atoms with Gasteiger partial charge in [0.2, 0.25) is 0 Å². The number of aromatic hydroxyl groups is 1. The van der Waals surface area contributed by atoms with E-state index in [1.54, 1.807) is 13.2 Å². The van der Waals surface area contributed by atoms with Gasteiger partial charge in [0.25, 0.3) is 0 Å². The van der Waals surface area contributed by atoms with E-state index in [9.17, 15) is 5.11 Å². The lowest BCUT2D eigenvalue weighted by atomic mass is 9.77. The largest absolute Gasteiger partial charge is 0.507 e. The Hall–Kier alpha value is -2.58. The van der Waals surface area contributed by atoms with Crippen LogP contribution in [-0.4, -0.2) is 34.1 Å². The van der Waals surface area contributed by atoms with Crippen molar-refractivity contribution in [3.05, 3.63) is 34.9 Å². The zero-order valence-corrected chi connectivity index (χ0v) is 17.5. The third-order valence-electron chi connectivity index (χ3n) is 6.14. The van der Waals surface area contributed by atoms with Crippen LogP contribution in [0.15, 0.2) is 18.2 Å². The molecule has 1 saturated carbocycles. The van der Waals surface area contributed by atoms with Crippen molar-refractivity contribution in [3.8, 4) is 28.8 Å². The molecule has 5 heteroatoms. The van der Waals surface area contributed by atoms with Gasteiger partial charge in [0.15, 0.2) is 5.82 Å². The maximum absolute atomic E-state index is 10.6. The summed E-state index contributed by atoms with van der Waals surface area (Å²) in [6.07, 6.45) is 7.00. The zero-order chi connectivity index (χ0) is 20.4. The van der Waals surface area contributed by atoms with E-state index < -0.39 is 0 Å². The second-order valence-electron chi connectivity index (χ2n) is 8.35. The first-order valence-electron chi connectivity index (χ1n) is 10.6. The molecular formula is C24H29N3O2. The van der Waals surface area contributed by atoms with Gasteiger partial charge in [-0.25, -0.2) is 0 Å². The molecular weight excluding hydrogens is 362 g/mol. The second kappa shape index (κ2) is 8.04. The average molecular weight is 392 g/mol. The molecule has 152 valence electrons. The smallest absolute Gasteiger partial charge is 0.152 e. The molecule has 0 spiro atoms. The van der Waals surface area contributed by atoms with Crippen molar-refractivity contribution in [2.75, 3.05) is 12.4 Å². The van der Waals surface area contributed by atoms with Gasteiger partial charge >= 0.3 is 0 Å². The van der Waals surface area contributed by atoms with Crippen LogP contribution in [0.3, 0.4) is 0 Å². The fraction of sp³-hybridized carbons (Fsp3) is 0.500. The van der Waals surface area contributed by atoms with Gasteiger partial charge in [-0.3, -0.25) is 0 Å². The van der Waals surface area contributed by atoms with Gasteiger partial charge in [-0.1, -0.05) is 18.8 Å². The minimum atomic E-state index is -0.0285. The van der Waals surface area contributed by atoms with Gasteiger partial charge in [0.1, 0.15) is 11.4 Å². The summed E-state index contributed by atoms with van der Waals surface area (Å²) < 4.78 is 5.57. The number of aromatic nitrogens is 2. The molecule has 2 aromatic rings. The number of hydrogen-bond donors (Lipinski definition) is 2. The summed E-state index contributed by atoms with van der Waals surface area (Å²) in [6, 6.07) is 5.95. The molecule has 1 aromatic heterocycles. The van der Waals surface area contributed by atoms with Crippen LogP contribution in [0.1, 0.15) is 62.6 Å². The molecule has 1 aromatic carbocycles. The minimum Gasteiger partial charge on any atom is -0.507 e. The summed E-state index contributed by atoms with van der Waals surface area (Å²) in [7, 11) is 1.78. The van der Waals surface area contributed by atoms with Crippen molar-refractivity contribution in [2.24, 2.45) is 0 Å². The molecule has 0 atom stereocenters. The molecule has 4 rings (SSSR count). The van der Waals surface area contributed by atoms with Crippen LogP contribution in [0.25, 0.3) is 11.3 Å². The molecule has 0 bridgehead atoms. The van der Waals surface area contributed by atoms with E-state index >= 15 is 0 Å². The Bertz CT molecular complexity index is 968. The summed E-state index contributed by atoms with van der Waals surface area (Å²) in [5.41, 5.74) is 4.79. The van der Waals surface area contributed by atoms with E-state index in [0.717, 1.165) is 67.6 Å². The van der Waals surface area contributed by atoms with Gasteiger partial charge in [0.05, 0.1) is 5.60 Å². The van der Waals surface area contributed by atoms with E-state index in [0.29, 0.717) is 6.04 Å². The molecule has 0 saturated heterocycles. The Kier molecular flexibility index (Phi) is 5.47. The lowest BCUT2D eigenvalue weighted by Crippen LogP contribution is -2.50. The first-order valence-corrected chi connectivity index (χ1v) is 10.6. The molecule has 0 aliphatic heterocycles. The molecule has 29 heavy (non-hydrogen) atoms. The third-order valence-corrected chi connectivity index (χ3v) is 6.14. The van der Waals surface area contributed by atoms with Crippen molar-refractivity contribution in [1.82, 2.24) is 10.2 Å². The Morgan fingerprint density at radius 3 is 2.66 bits per heavy atom. The molecule has 1 heterocycles. The Morgan fingerprint density at radius 2 is 1.97 bits per heavy atom. The monoisotopic (exact) mass is 391 g/mol. The number of phenolic OH excluding ortho intramolecular Hbond substituents is 1. The van der Waals surface area contributed by atoms with Crippen molar-refractivity contribution < 1.29 is 9.84 Å². The fourth-order valence-electron chi connectivity index (χ4n) is 4.43. The average Bonchev–Trinajstić information content (AvgIpc) is 2.71. The lowest BCUT2D eigenvalue weighted by Gasteiger charge is -2.44. The summed E-state index contributed by atoms with van der Waals surface area (Å²) in [5, 5.41) is 23.3. The number of nitrogens with one attached hydrogen (secondary N) is 1. The Morgan fingerprint density at radius 1 is 1.21 bits per heavy atom. The molecule has 2 aliphatic carbocycles. The predicted octanol–water partition coefficient (Wildman–Crippen LogP) is 4.47. The highest BCUT2D eigenvalue weighted by Crippen LogP contribution is 2.40. The third kappa shape index (κ3) is 3.95. The van der Waals surface area contributed by atoms with Crippen LogP contribution in [-0.2, 0) is 17.6 Å². The molecule has 0 amide bonds. The Balaban J connectivity index is 1.64. The summed E-state index contributed by atoms with van der Waals surface area (Å²) in [4.78, 5) is 0. The molecule has 2 aliphatic rings. The second-order valence-corrected chi connectivity index (χ2v) is 8.35. The number of phenols is 1. The van der Waals surface area contributed by atoms with Crippen LogP contribution in [0.4, 0.5) is 5.82 Å². The van der Waals surface area contributed by atoms with E-state index in [2.05, 4.69) is 34.3 Å². The number of anilines is 1. The van der Waals surface area contributed by atoms with Gasteiger partial charge in [-0.05, 0) is 69.2 Å². The van der Waals surface area contributed by atoms with Gasteiger partial charge in [-0.2, -0.15) is 0 Å². The highest BCUT2D eigenvalue weighted by molar-refractivity contribution is 5.73. The number of nitrogens with zero attached hydrogens (tertiary/aromatic N) is 2. The predicted molar refractivity (Wildman–Crippen MR) is 115 cm³/mol. The number of methoxy groups -OCH3 is 1. The van der Waals surface area contributed by atoms with E-state index in [1.165, 1.54) is 11.1 Å². The van der Waals surface area contributed by atoms with Crippen molar-refractivity contribution in [3.63, 3.8) is 0 Å². The van der Waals surface area contributed by atoms with Crippen LogP contribution in [0, 0.1) is 11.8 Å². The molecule has 5 nitrogen and oxygen atoms in total. The van der Waals surface area contributed by atoms with Crippen LogP contribution < -0.4 is 5.32 Å². The molecule has 2 N–H and O–H groups in total. The molecule has 0 radical (unpaired) electrons.